The molecule has 4 N–H and O–H groups in total. The van der Waals surface area contributed by atoms with Crippen molar-refractivity contribution >= 4 is 17.6 Å². The zero-order valence-corrected chi connectivity index (χ0v) is 10.5. The van der Waals surface area contributed by atoms with Gasteiger partial charge in [-0.15, -0.1) is 0 Å². The SMILES string of the molecule is COCCNC(=NCc1ccc(Cl)cc1)NN. The Morgan fingerprint density at radius 2 is 2.12 bits per heavy atom. The van der Waals surface area contributed by atoms with Crippen LogP contribution >= 0.6 is 11.6 Å². The Hall–Kier alpha value is -1.30. The highest BCUT2D eigenvalue weighted by Gasteiger charge is 1.96. The summed E-state index contributed by atoms with van der Waals surface area (Å²) >= 11 is 5.79. The first kappa shape index (κ1) is 13.8. The summed E-state index contributed by atoms with van der Waals surface area (Å²) in [6.45, 7) is 1.79. The molecule has 0 atom stereocenters. The first-order valence-corrected chi connectivity index (χ1v) is 5.62. The van der Waals surface area contributed by atoms with Crippen LogP contribution in [0.5, 0.6) is 0 Å². The van der Waals surface area contributed by atoms with Crippen molar-refractivity contribution in [1.29, 1.82) is 0 Å². The molecule has 0 aromatic heterocycles. The quantitative estimate of drug-likeness (QED) is 0.241. The van der Waals surface area contributed by atoms with Gasteiger partial charge in [0.2, 0.25) is 5.96 Å². The highest BCUT2D eigenvalue weighted by molar-refractivity contribution is 6.30. The number of methoxy groups -OCH3 is 1. The maximum atomic E-state index is 5.79. The zero-order chi connectivity index (χ0) is 12.5. The van der Waals surface area contributed by atoms with Gasteiger partial charge >= 0.3 is 0 Å². The van der Waals surface area contributed by atoms with E-state index in [0.29, 0.717) is 30.7 Å². The van der Waals surface area contributed by atoms with Gasteiger partial charge in [0.25, 0.3) is 0 Å². The van der Waals surface area contributed by atoms with E-state index in [2.05, 4.69) is 15.7 Å². The third-order valence-corrected chi connectivity index (χ3v) is 2.32. The van der Waals surface area contributed by atoms with Gasteiger partial charge < -0.3 is 10.1 Å². The van der Waals surface area contributed by atoms with Gasteiger partial charge in [0, 0.05) is 18.7 Å². The van der Waals surface area contributed by atoms with E-state index in [9.17, 15) is 0 Å². The van der Waals surface area contributed by atoms with Crippen LogP contribution in [-0.4, -0.2) is 26.2 Å². The largest absolute Gasteiger partial charge is 0.383 e. The molecule has 0 aliphatic carbocycles. The first-order valence-electron chi connectivity index (χ1n) is 5.24. The smallest absolute Gasteiger partial charge is 0.206 e. The molecule has 0 fully saturated rings. The van der Waals surface area contributed by atoms with Crippen molar-refractivity contribution in [2.75, 3.05) is 20.3 Å². The second-order valence-corrected chi connectivity index (χ2v) is 3.79. The number of halogens is 1. The highest BCUT2D eigenvalue weighted by atomic mass is 35.5. The van der Waals surface area contributed by atoms with Crippen LogP contribution in [0.4, 0.5) is 0 Å². The minimum absolute atomic E-state index is 0.538. The summed E-state index contributed by atoms with van der Waals surface area (Å²) < 4.78 is 4.91. The molecule has 0 aliphatic heterocycles. The number of hydrogen-bond acceptors (Lipinski definition) is 3. The van der Waals surface area contributed by atoms with Gasteiger partial charge in [0.15, 0.2) is 0 Å². The molecule has 0 saturated carbocycles. The lowest BCUT2D eigenvalue weighted by atomic mass is 10.2. The number of hydrogen-bond donors (Lipinski definition) is 3. The topological polar surface area (TPSA) is 71.7 Å². The lowest BCUT2D eigenvalue weighted by Crippen LogP contribution is -2.42. The fraction of sp³-hybridized carbons (Fsp3) is 0.364. The lowest BCUT2D eigenvalue weighted by Gasteiger charge is -2.08. The van der Waals surface area contributed by atoms with Crippen molar-refractivity contribution in [3.63, 3.8) is 0 Å². The molecule has 0 heterocycles. The van der Waals surface area contributed by atoms with Crippen molar-refractivity contribution in [3.05, 3.63) is 34.9 Å². The summed E-state index contributed by atoms with van der Waals surface area (Å²) in [5, 5.41) is 3.73. The van der Waals surface area contributed by atoms with Crippen LogP contribution in [0.3, 0.4) is 0 Å². The fourth-order valence-electron chi connectivity index (χ4n) is 1.18. The molecule has 0 bridgehead atoms. The van der Waals surface area contributed by atoms with Crippen molar-refractivity contribution in [2.45, 2.75) is 6.54 Å². The normalized spacial score (nSPS) is 11.4. The summed E-state index contributed by atoms with van der Waals surface area (Å²) in [5.41, 5.74) is 3.57. The average molecular weight is 257 g/mol. The molecule has 1 aromatic rings. The molecule has 1 rings (SSSR count). The van der Waals surface area contributed by atoms with Crippen LogP contribution in [0.15, 0.2) is 29.3 Å². The molecule has 0 unspecified atom stereocenters. The summed E-state index contributed by atoms with van der Waals surface area (Å²) in [6, 6.07) is 7.52. The second-order valence-electron chi connectivity index (χ2n) is 3.36. The Morgan fingerprint density at radius 1 is 1.41 bits per heavy atom. The number of guanidine groups is 1. The molecular formula is C11H17ClN4O. The second kappa shape index (κ2) is 7.89. The average Bonchev–Trinajstić information content (AvgIpc) is 2.35. The molecule has 0 spiro atoms. The van der Waals surface area contributed by atoms with E-state index in [1.807, 2.05) is 24.3 Å². The van der Waals surface area contributed by atoms with Crippen molar-refractivity contribution in [1.82, 2.24) is 10.7 Å². The maximum Gasteiger partial charge on any atom is 0.206 e. The molecule has 5 nitrogen and oxygen atoms in total. The Morgan fingerprint density at radius 3 is 2.71 bits per heavy atom. The molecule has 17 heavy (non-hydrogen) atoms. The van der Waals surface area contributed by atoms with E-state index in [4.69, 9.17) is 22.2 Å². The number of nitrogens with one attached hydrogen (secondary N) is 2. The van der Waals surface area contributed by atoms with Gasteiger partial charge in [0.05, 0.1) is 13.2 Å². The van der Waals surface area contributed by atoms with Crippen molar-refractivity contribution in [3.8, 4) is 0 Å². The monoisotopic (exact) mass is 256 g/mol. The summed E-state index contributed by atoms with van der Waals surface area (Å²) in [6.07, 6.45) is 0. The Kier molecular flexibility index (Phi) is 6.39. The Bertz CT molecular complexity index is 353. The molecule has 94 valence electrons. The van der Waals surface area contributed by atoms with Gasteiger partial charge in [-0.1, -0.05) is 23.7 Å². The van der Waals surface area contributed by atoms with Gasteiger partial charge in [-0.25, -0.2) is 10.8 Å². The molecule has 1 aromatic carbocycles. The van der Waals surface area contributed by atoms with Crippen LogP contribution < -0.4 is 16.6 Å². The zero-order valence-electron chi connectivity index (χ0n) is 9.74. The van der Waals surface area contributed by atoms with E-state index in [0.717, 1.165) is 5.56 Å². The van der Waals surface area contributed by atoms with Crippen LogP contribution in [0.2, 0.25) is 5.02 Å². The third kappa shape index (κ3) is 5.53. The van der Waals surface area contributed by atoms with Gasteiger partial charge in [0.1, 0.15) is 0 Å². The summed E-state index contributed by atoms with van der Waals surface area (Å²) in [7, 11) is 1.64. The Balaban J connectivity index is 2.46. The first-order chi connectivity index (χ1) is 8.26. The van der Waals surface area contributed by atoms with E-state index < -0.39 is 0 Å². The van der Waals surface area contributed by atoms with Gasteiger partial charge in [-0.3, -0.25) is 5.43 Å². The fourth-order valence-corrected chi connectivity index (χ4v) is 1.31. The number of nitrogens with two attached hydrogens (primary N) is 1. The molecule has 0 aliphatic rings. The predicted molar refractivity (Wildman–Crippen MR) is 69.8 cm³/mol. The van der Waals surface area contributed by atoms with E-state index in [1.165, 1.54) is 0 Å². The molecule has 0 radical (unpaired) electrons. The van der Waals surface area contributed by atoms with Crippen LogP contribution in [0.1, 0.15) is 5.56 Å². The highest BCUT2D eigenvalue weighted by Crippen LogP contribution is 2.09. The van der Waals surface area contributed by atoms with Crippen LogP contribution in [0, 0.1) is 0 Å². The van der Waals surface area contributed by atoms with Gasteiger partial charge in [-0.2, -0.15) is 0 Å². The number of hydrazine groups is 1. The number of nitrogens with zero attached hydrogens (tertiary/aromatic N) is 1. The standard InChI is InChI=1S/C11H17ClN4O/c1-17-7-6-14-11(16-13)15-8-9-2-4-10(12)5-3-9/h2-5H,6-8,13H2,1H3,(H2,14,15,16). The van der Waals surface area contributed by atoms with E-state index in [1.54, 1.807) is 7.11 Å². The number of aliphatic imine (C=N–C) groups is 1. The minimum atomic E-state index is 0.538. The Labute approximate surface area is 106 Å². The van der Waals surface area contributed by atoms with Crippen LogP contribution in [-0.2, 0) is 11.3 Å². The van der Waals surface area contributed by atoms with E-state index >= 15 is 0 Å². The minimum Gasteiger partial charge on any atom is -0.383 e. The summed E-state index contributed by atoms with van der Waals surface area (Å²) in [5.74, 6) is 5.88. The summed E-state index contributed by atoms with van der Waals surface area (Å²) in [4.78, 5) is 4.28. The van der Waals surface area contributed by atoms with Gasteiger partial charge in [-0.05, 0) is 17.7 Å². The van der Waals surface area contributed by atoms with Crippen molar-refractivity contribution in [2.24, 2.45) is 10.8 Å². The predicted octanol–water partition coefficient (Wildman–Crippen LogP) is 0.895. The third-order valence-electron chi connectivity index (χ3n) is 2.07. The maximum absolute atomic E-state index is 5.79. The molecule has 6 heteroatoms. The number of benzene rings is 1. The van der Waals surface area contributed by atoms with Crippen LogP contribution in [0.25, 0.3) is 0 Å². The molecule has 0 saturated heterocycles. The lowest BCUT2D eigenvalue weighted by molar-refractivity contribution is 0.203. The number of ether oxygens (including phenoxy) is 1. The molecular weight excluding hydrogens is 240 g/mol. The van der Waals surface area contributed by atoms with Crippen molar-refractivity contribution < 1.29 is 4.74 Å². The number of rotatable bonds is 5. The van der Waals surface area contributed by atoms with E-state index in [-0.39, 0.29) is 0 Å². The molecule has 0 amide bonds.